The van der Waals surface area contributed by atoms with Crippen molar-refractivity contribution < 1.29 is 19.1 Å². The first-order valence-corrected chi connectivity index (χ1v) is 13.0. The molecule has 0 amide bonds. The summed E-state index contributed by atoms with van der Waals surface area (Å²) < 4.78 is 11.0. The van der Waals surface area contributed by atoms with Crippen LogP contribution in [0.5, 0.6) is 5.75 Å². The molecule has 0 saturated carbocycles. The predicted molar refractivity (Wildman–Crippen MR) is 136 cm³/mol. The summed E-state index contributed by atoms with van der Waals surface area (Å²) in [5.74, 6) is 0.0809. The zero-order chi connectivity index (χ0) is 23.7. The van der Waals surface area contributed by atoms with Crippen LogP contribution in [0, 0.1) is 0 Å². The Morgan fingerprint density at radius 2 is 1.27 bits per heavy atom. The highest BCUT2D eigenvalue weighted by atomic mass is 16.5. The average Bonchev–Trinajstić information content (AvgIpc) is 2.82. The molecule has 0 unspecified atom stereocenters. The molecule has 0 aliphatic rings. The van der Waals surface area contributed by atoms with Crippen LogP contribution in [-0.2, 0) is 9.53 Å². The van der Waals surface area contributed by atoms with Gasteiger partial charge in [0.15, 0.2) is 5.78 Å². The lowest BCUT2D eigenvalue weighted by Gasteiger charge is -2.12. The van der Waals surface area contributed by atoms with Crippen molar-refractivity contribution >= 4 is 22.5 Å². The van der Waals surface area contributed by atoms with Gasteiger partial charge in [0, 0.05) is 10.9 Å². The average molecular weight is 455 g/mol. The molecule has 0 radical (unpaired) electrons. The lowest BCUT2D eigenvalue weighted by Crippen LogP contribution is -2.12. The Hall–Kier alpha value is -2.36. The molecule has 0 aliphatic heterocycles. The van der Waals surface area contributed by atoms with Crippen LogP contribution in [0.3, 0.4) is 0 Å². The Labute approximate surface area is 200 Å². The van der Waals surface area contributed by atoms with Crippen LogP contribution in [0.2, 0.25) is 0 Å². The fourth-order valence-corrected chi connectivity index (χ4v) is 4.20. The van der Waals surface area contributed by atoms with E-state index in [-0.39, 0.29) is 18.8 Å². The molecule has 2 aromatic carbocycles. The third kappa shape index (κ3) is 9.98. The number of benzene rings is 2. The van der Waals surface area contributed by atoms with Gasteiger partial charge in [-0.15, -0.1) is 0 Å². The standard InChI is InChI=1S/C29H42O4/c1-3-5-6-7-8-9-10-11-12-13-14-17-22-33-28-21-20-25(24-18-15-16-19-26(24)28)27(30)23-29(31)32-4-2/h15-16,18-21H,3-14,17,22-23H2,1-2H3. The third-order valence-corrected chi connectivity index (χ3v) is 6.05. The van der Waals surface area contributed by atoms with E-state index in [9.17, 15) is 9.59 Å². The largest absolute Gasteiger partial charge is 0.493 e. The van der Waals surface area contributed by atoms with E-state index in [1.54, 1.807) is 13.0 Å². The van der Waals surface area contributed by atoms with E-state index in [1.165, 1.54) is 70.6 Å². The van der Waals surface area contributed by atoms with Crippen molar-refractivity contribution in [2.24, 2.45) is 0 Å². The van der Waals surface area contributed by atoms with Crippen LogP contribution in [0.4, 0.5) is 0 Å². The molecule has 33 heavy (non-hydrogen) atoms. The van der Waals surface area contributed by atoms with Crippen molar-refractivity contribution in [1.29, 1.82) is 0 Å². The van der Waals surface area contributed by atoms with Gasteiger partial charge in [-0.2, -0.15) is 0 Å². The Bertz CT molecular complexity index is 843. The summed E-state index contributed by atoms with van der Waals surface area (Å²) in [6, 6.07) is 11.3. The third-order valence-electron chi connectivity index (χ3n) is 6.05. The number of hydrogen-bond donors (Lipinski definition) is 0. The first-order valence-electron chi connectivity index (χ1n) is 13.0. The molecule has 0 fully saturated rings. The Morgan fingerprint density at radius 3 is 1.88 bits per heavy atom. The summed E-state index contributed by atoms with van der Waals surface area (Å²) in [6.07, 6.45) is 15.6. The molecule has 0 bridgehead atoms. The molecule has 4 heteroatoms. The second kappa shape index (κ2) is 16.3. The molecule has 0 aromatic heterocycles. The number of ether oxygens (including phenoxy) is 2. The minimum Gasteiger partial charge on any atom is -0.493 e. The number of unbranched alkanes of at least 4 members (excludes halogenated alkanes) is 11. The van der Waals surface area contributed by atoms with Crippen LogP contribution in [0.1, 0.15) is 108 Å². The summed E-state index contributed by atoms with van der Waals surface area (Å²) >= 11 is 0. The fourth-order valence-electron chi connectivity index (χ4n) is 4.20. The maximum Gasteiger partial charge on any atom is 0.313 e. The summed E-state index contributed by atoms with van der Waals surface area (Å²) in [6.45, 7) is 4.96. The highest BCUT2D eigenvalue weighted by molar-refractivity contribution is 6.14. The van der Waals surface area contributed by atoms with Gasteiger partial charge in [0.2, 0.25) is 0 Å². The summed E-state index contributed by atoms with van der Waals surface area (Å²) in [7, 11) is 0. The van der Waals surface area contributed by atoms with E-state index in [0.29, 0.717) is 12.2 Å². The first kappa shape index (κ1) is 26.9. The number of hydrogen-bond acceptors (Lipinski definition) is 4. The maximum atomic E-state index is 12.6. The van der Waals surface area contributed by atoms with Crippen molar-refractivity contribution in [2.45, 2.75) is 97.3 Å². The van der Waals surface area contributed by atoms with Gasteiger partial charge in [0.05, 0.1) is 13.2 Å². The van der Waals surface area contributed by atoms with E-state index in [0.717, 1.165) is 22.9 Å². The molecule has 0 atom stereocenters. The molecule has 2 aromatic rings. The smallest absolute Gasteiger partial charge is 0.313 e. The molecular formula is C29H42O4. The lowest BCUT2D eigenvalue weighted by atomic mass is 9.99. The van der Waals surface area contributed by atoms with Gasteiger partial charge in [-0.3, -0.25) is 9.59 Å². The molecule has 0 saturated heterocycles. The zero-order valence-corrected chi connectivity index (χ0v) is 20.7. The van der Waals surface area contributed by atoms with E-state index in [1.807, 2.05) is 30.3 Å². The van der Waals surface area contributed by atoms with Crippen molar-refractivity contribution in [3.63, 3.8) is 0 Å². The summed E-state index contributed by atoms with van der Waals surface area (Å²) in [5.41, 5.74) is 0.538. The number of ketones is 1. The van der Waals surface area contributed by atoms with Crippen molar-refractivity contribution in [2.75, 3.05) is 13.2 Å². The number of carbonyl (C=O) groups is 2. The number of carbonyl (C=O) groups excluding carboxylic acids is 2. The van der Waals surface area contributed by atoms with Crippen molar-refractivity contribution in [3.05, 3.63) is 42.0 Å². The second-order valence-corrected chi connectivity index (χ2v) is 8.80. The van der Waals surface area contributed by atoms with Gasteiger partial charge in [0.25, 0.3) is 0 Å². The predicted octanol–water partition coefficient (Wildman–Crippen LogP) is 8.06. The second-order valence-electron chi connectivity index (χ2n) is 8.80. The molecule has 182 valence electrons. The molecule has 2 rings (SSSR count). The highest BCUT2D eigenvalue weighted by Gasteiger charge is 2.17. The van der Waals surface area contributed by atoms with E-state index < -0.39 is 5.97 Å². The maximum absolute atomic E-state index is 12.6. The highest BCUT2D eigenvalue weighted by Crippen LogP contribution is 2.29. The zero-order valence-electron chi connectivity index (χ0n) is 20.7. The van der Waals surface area contributed by atoms with Crippen LogP contribution in [0.25, 0.3) is 10.8 Å². The normalized spacial score (nSPS) is 11.0. The minimum atomic E-state index is -0.487. The van der Waals surface area contributed by atoms with Crippen molar-refractivity contribution in [3.8, 4) is 5.75 Å². The fraction of sp³-hybridized carbons (Fsp3) is 0.586. The number of rotatable bonds is 18. The van der Waals surface area contributed by atoms with Gasteiger partial charge in [-0.1, -0.05) is 102 Å². The van der Waals surface area contributed by atoms with Crippen LogP contribution in [0.15, 0.2) is 36.4 Å². The number of esters is 1. The first-order chi connectivity index (χ1) is 16.2. The molecule has 0 aliphatic carbocycles. The Kier molecular flexibility index (Phi) is 13.3. The summed E-state index contributed by atoms with van der Waals surface area (Å²) in [5, 5.41) is 1.73. The van der Waals surface area contributed by atoms with Gasteiger partial charge < -0.3 is 9.47 Å². The minimum absolute atomic E-state index is 0.225. The monoisotopic (exact) mass is 454 g/mol. The van der Waals surface area contributed by atoms with Gasteiger partial charge in [-0.05, 0) is 30.9 Å². The van der Waals surface area contributed by atoms with E-state index in [2.05, 4.69) is 6.92 Å². The summed E-state index contributed by atoms with van der Waals surface area (Å²) in [4.78, 5) is 24.3. The molecular weight excluding hydrogens is 412 g/mol. The van der Waals surface area contributed by atoms with Crippen LogP contribution < -0.4 is 4.74 Å². The van der Waals surface area contributed by atoms with E-state index >= 15 is 0 Å². The lowest BCUT2D eigenvalue weighted by molar-refractivity contribution is -0.141. The molecule has 4 nitrogen and oxygen atoms in total. The quantitative estimate of drug-likeness (QED) is 0.0989. The number of fused-ring (bicyclic) bond motifs is 1. The molecule has 0 heterocycles. The SMILES string of the molecule is CCCCCCCCCCCCCCOc1ccc(C(=O)CC(=O)OCC)c2ccccc12. The Balaban J connectivity index is 1.71. The Morgan fingerprint density at radius 1 is 0.697 bits per heavy atom. The molecule has 0 N–H and O–H groups in total. The van der Waals surface area contributed by atoms with E-state index in [4.69, 9.17) is 9.47 Å². The topological polar surface area (TPSA) is 52.6 Å². The number of Topliss-reactive ketones (excluding diaryl/α,β-unsaturated/α-hetero) is 1. The van der Waals surface area contributed by atoms with Gasteiger partial charge in [-0.25, -0.2) is 0 Å². The van der Waals surface area contributed by atoms with Crippen LogP contribution >= 0.6 is 0 Å². The van der Waals surface area contributed by atoms with Crippen molar-refractivity contribution in [1.82, 2.24) is 0 Å². The molecule has 0 spiro atoms. The van der Waals surface area contributed by atoms with Gasteiger partial charge in [0.1, 0.15) is 12.2 Å². The van der Waals surface area contributed by atoms with Crippen LogP contribution in [-0.4, -0.2) is 25.0 Å². The van der Waals surface area contributed by atoms with Gasteiger partial charge >= 0.3 is 5.97 Å².